The molecule has 0 saturated carbocycles. The molecule has 2 N–H and O–H groups in total. The highest BCUT2D eigenvalue weighted by atomic mass is 19.1. The summed E-state index contributed by atoms with van der Waals surface area (Å²) >= 11 is 0. The van der Waals surface area contributed by atoms with Crippen LogP contribution in [-0.2, 0) is 0 Å². The average molecular weight is 296 g/mol. The smallest absolute Gasteiger partial charge is 0.272 e. The molecule has 1 amide bonds. The lowest BCUT2D eigenvalue weighted by molar-refractivity contribution is 0.100. The first-order valence-electron chi connectivity index (χ1n) is 6.74. The Kier molecular flexibility index (Phi) is 3.47. The zero-order valence-corrected chi connectivity index (χ0v) is 11.8. The van der Waals surface area contributed by atoms with Gasteiger partial charge in [0.05, 0.1) is 5.52 Å². The molecule has 0 aliphatic rings. The third-order valence-electron chi connectivity index (χ3n) is 3.38. The Morgan fingerprint density at radius 2 is 1.86 bits per heavy atom. The van der Waals surface area contributed by atoms with Crippen LogP contribution >= 0.6 is 0 Å². The van der Waals surface area contributed by atoms with Crippen molar-refractivity contribution in [2.75, 3.05) is 5.32 Å². The van der Waals surface area contributed by atoms with Crippen LogP contribution in [0.3, 0.4) is 0 Å². The number of carbonyl (C=O) groups excluding carboxylic acids is 2. The van der Waals surface area contributed by atoms with Crippen LogP contribution in [0.5, 0.6) is 0 Å². The molecular formula is C17H13FN2O2. The molecule has 1 aromatic heterocycles. The Morgan fingerprint density at radius 1 is 1.09 bits per heavy atom. The molecule has 0 unspecified atom stereocenters. The van der Waals surface area contributed by atoms with E-state index in [2.05, 4.69) is 10.3 Å². The molecule has 0 radical (unpaired) electrons. The number of hydrogen-bond donors (Lipinski definition) is 2. The van der Waals surface area contributed by atoms with E-state index in [0.29, 0.717) is 22.2 Å². The second-order valence-corrected chi connectivity index (χ2v) is 4.98. The summed E-state index contributed by atoms with van der Waals surface area (Å²) in [5, 5.41) is 3.32. The first kappa shape index (κ1) is 14.0. The molecular weight excluding hydrogens is 283 g/mol. The Morgan fingerprint density at radius 3 is 2.59 bits per heavy atom. The number of fused-ring (bicyclic) bond motifs is 1. The van der Waals surface area contributed by atoms with E-state index < -0.39 is 11.7 Å². The zero-order chi connectivity index (χ0) is 15.7. The molecule has 2 aromatic carbocycles. The summed E-state index contributed by atoms with van der Waals surface area (Å²) in [4.78, 5) is 26.3. The van der Waals surface area contributed by atoms with Gasteiger partial charge in [-0.1, -0.05) is 24.3 Å². The van der Waals surface area contributed by atoms with Crippen molar-refractivity contribution in [2.24, 2.45) is 0 Å². The average Bonchev–Trinajstić information content (AvgIpc) is 2.93. The van der Waals surface area contributed by atoms with E-state index in [-0.39, 0.29) is 11.5 Å². The number of aromatic amines is 1. The van der Waals surface area contributed by atoms with Crippen LogP contribution in [0.25, 0.3) is 10.9 Å². The number of anilines is 1. The largest absolute Gasteiger partial charge is 0.348 e. The topological polar surface area (TPSA) is 62.0 Å². The van der Waals surface area contributed by atoms with Crippen LogP contribution in [0.1, 0.15) is 27.8 Å². The predicted molar refractivity (Wildman–Crippen MR) is 82.7 cm³/mol. The molecule has 0 atom stereocenters. The molecule has 110 valence electrons. The van der Waals surface area contributed by atoms with Crippen molar-refractivity contribution in [3.8, 4) is 0 Å². The van der Waals surface area contributed by atoms with Gasteiger partial charge in [0.2, 0.25) is 0 Å². The molecule has 0 aliphatic heterocycles. The van der Waals surface area contributed by atoms with Gasteiger partial charge in [-0.3, -0.25) is 9.59 Å². The number of benzene rings is 2. The first-order chi connectivity index (χ1) is 10.5. The van der Waals surface area contributed by atoms with Crippen molar-refractivity contribution < 1.29 is 14.0 Å². The van der Waals surface area contributed by atoms with E-state index in [1.165, 1.54) is 13.0 Å². The van der Waals surface area contributed by atoms with Crippen molar-refractivity contribution in [1.82, 2.24) is 4.98 Å². The number of nitrogens with one attached hydrogen (secondary N) is 2. The summed E-state index contributed by atoms with van der Waals surface area (Å²) in [6, 6.07) is 12.9. The van der Waals surface area contributed by atoms with Gasteiger partial charge in [0.25, 0.3) is 5.91 Å². The number of ketones is 1. The van der Waals surface area contributed by atoms with E-state index in [1.807, 2.05) is 0 Å². The van der Waals surface area contributed by atoms with E-state index in [4.69, 9.17) is 0 Å². The summed E-state index contributed by atoms with van der Waals surface area (Å²) in [5.41, 5.74) is 1.58. The van der Waals surface area contributed by atoms with Crippen molar-refractivity contribution in [3.63, 3.8) is 0 Å². The van der Waals surface area contributed by atoms with Crippen LogP contribution in [0.2, 0.25) is 0 Å². The van der Waals surface area contributed by atoms with Gasteiger partial charge >= 0.3 is 0 Å². The van der Waals surface area contributed by atoms with Gasteiger partial charge in [-0.05, 0) is 31.2 Å². The summed E-state index contributed by atoms with van der Waals surface area (Å²) < 4.78 is 13.6. The second kappa shape index (κ2) is 5.44. The van der Waals surface area contributed by atoms with Gasteiger partial charge < -0.3 is 10.3 Å². The number of aromatic nitrogens is 1. The molecule has 0 saturated heterocycles. The van der Waals surface area contributed by atoms with Crippen LogP contribution in [0.4, 0.5) is 10.1 Å². The molecule has 1 heterocycles. The standard InChI is InChI=1S/C17H13FN2O2/c1-10(21)11-4-2-6-13(8-11)19-17(22)15-9-12-5-3-7-14(18)16(12)20-15/h2-9,20H,1H3,(H,19,22). The number of halogens is 1. The molecule has 3 aromatic rings. The highest BCUT2D eigenvalue weighted by molar-refractivity contribution is 6.06. The Hall–Kier alpha value is -2.95. The van der Waals surface area contributed by atoms with Gasteiger partial charge in [0.1, 0.15) is 11.5 Å². The summed E-state index contributed by atoms with van der Waals surface area (Å²) in [6.45, 7) is 1.46. The minimum Gasteiger partial charge on any atom is -0.348 e. The number of rotatable bonds is 3. The number of H-pyrrole nitrogens is 1. The van der Waals surface area contributed by atoms with E-state index in [9.17, 15) is 14.0 Å². The molecule has 22 heavy (non-hydrogen) atoms. The second-order valence-electron chi connectivity index (χ2n) is 4.98. The van der Waals surface area contributed by atoms with Gasteiger partial charge in [-0.25, -0.2) is 4.39 Å². The highest BCUT2D eigenvalue weighted by Crippen LogP contribution is 2.19. The van der Waals surface area contributed by atoms with Gasteiger partial charge in [0.15, 0.2) is 5.78 Å². The minimum atomic E-state index is -0.407. The Labute approximate surface area is 126 Å². The molecule has 4 nitrogen and oxygen atoms in total. The van der Waals surface area contributed by atoms with Gasteiger partial charge in [0, 0.05) is 16.6 Å². The maximum Gasteiger partial charge on any atom is 0.272 e. The van der Waals surface area contributed by atoms with Gasteiger partial charge in [-0.2, -0.15) is 0 Å². The lowest BCUT2D eigenvalue weighted by Gasteiger charge is -2.05. The van der Waals surface area contributed by atoms with Crippen LogP contribution in [0, 0.1) is 5.82 Å². The normalized spacial score (nSPS) is 10.6. The third-order valence-corrected chi connectivity index (χ3v) is 3.38. The SMILES string of the molecule is CC(=O)c1cccc(NC(=O)c2cc3cccc(F)c3[nH]2)c1. The molecule has 0 spiro atoms. The Balaban J connectivity index is 1.88. The number of carbonyl (C=O) groups is 2. The highest BCUT2D eigenvalue weighted by Gasteiger charge is 2.12. The first-order valence-corrected chi connectivity index (χ1v) is 6.74. The van der Waals surface area contributed by atoms with Crippen molar-refractivity contribution in [1.29, 1.82) is 0 Å². The van der Waals surface area contributed by atoms with Crippen LogP contribution in [0.15, 0.2) is 48.5 Å². The molecule has 0 bridgehead atoms. The summed E-state index contributed by atoms with van der Waals surface area (Å²) in [6.07, 6.45) is 0. The quantitative estimate of drug-likeness (QED) is 0.723. The number of amides is 1. The fourth-order valence-electron chi connectivity index (χ4n) is 2.26. The lowest BCUT2D eigenvalue weighted by atomic mass is 10.1. The van der Waals surface area contributed by atoms with Crippen molar-refractivity contribution in [3.05, 3.63) is 65.6 Å². The fourth-order valence-corrected chi connectivity index (χ4v) is 2.26. The Bertz CT molecular complexity index is 883. The molecule has 0 aliphatic carbocycles. The van der Waals surface area contributed by atoms with Crippen molar-refractivity contribution >= 4 is 28.3 Å². The van der Waals surface area contributed by atoms with E-state index in [1.54, 1.807) is 42.5 Å². The molecule has 0 fully saturated rings. The maximum absolute atomic E-state index is 13.6. The van der Waals surface area contributed by atoms with Gasteiger partial charge in [-0.15, -0.1) is 0 Å². The number of hydrogen-bond acceptors (Lipinski definition) is 2. The van der Waals surface area contributed by atoms with E-state index >= 15 is 0 Å². The predicted octanol–water partition coefficient (Wildman–Crippen LogP) is 3.76. The minimum absolute atomic E-state index is 0.0798. The molecule has 3 rings (SSSR count). The third kappa shape index (κ3) is 2.61. The van der Waals surface area contributed by atoms with Crippen molar-refractivity contribution in [2.45, 2.75) is 6.92 Å². The molecule has 5 heteroatoms. The lowest BCUT2D eigenvalue weighted by Crippen LogP contribution is -2.12. The van der Waals surface area contributed by atoms with Crippen LogP contribution in [-0.4, -0.2) is 16.7 Å². The monoisotopic (exact) mass is 296 g/mol. The fraction of sp³-hybridized carbons (Fsp3) is 0.0588. The number of Topliss-reactive ketones (excluding diaryl/α,β-unsaturated/α-hetero) is 1. The summed E-state index contributed by atoms with van der Waals surface area (Å²) in [5.74, 6) is -0.879. The van der Waals surface area contributed by atoms with E-state index in [0.717, 1.165) is 0 Å². The maximum atomic E-state index is 13.6. The summed E-state index contributed by atoms with van der Waals surface area (Å²) in [7, 11) is 0. The number of para-hydroxylation sites is 1. The van der Waals surface area contributed by atoms with Crippen LogP contribution < -0.4 is 5.32 Å². The zero-order valence-electron chi connectivity index (χ0n) is 11.8.